The lowest BCUT2D eigenvalue weighted by atomic mass is 10.2. The Morgan fingerprint density at radius 2 is 1.86 bits per heavy atom. The molecule has 0 saturated carbocycles. The summed E-state index contributed by atoms with van der Waals surface area (Å²) in [7, 11) is 0. The molecule has 3 aromatic rings. The molecule has 8 heteroatoms. The Balaban J connectivity index is 1.70. The highest BCUT2D eigenvalue weighted by atomic mass is 32.2. The van der Waals surface area contributed by atoms with E-state index in [1.165, 1.54) is 11.8 Å². The maximum absolute atomic E-state index is 12.7. The van der Waals surface area contributed by atoms with E-state index in [-0.39, 0.29) is 5.91 Å². The first kappa shape index (κ1) is 20.4. The number of nitrogens with one attached hydrogen (secondary N) is 1. The van der Waals surface area contributed by atoms with Crippen LogP contribution < -0.4 is 5.32 Å². The lowest BCUT2D eigenvalue weighted by molar-refractivity contribution is 0.102. The third kappa shape index (κ3) is 5.14. The van der Waals surface area contributed by atoms with Gasteiger partial charge in [-0.2, -0.15) is 8.78 Å². The molecule has 0 atom stereocenters. The standard InChI is InChI=1S/C20H18F2N2O2S2/c1-12-17(13(2)26-24-12)11-27-18-6-4-3-5-16(18)19(25)23-14-7-9-15(10-8-14)28-20(21)22/h3-10,20H,11H2,1-2H3,(H,23,25). The summed E-state index contributed by atoms with van der Waals surface area (Å²) in [5.74, 6) is -1.31. The fourth-order valence-electron chi connectivity index (χ4n) is 2.56. The number of alkyl halides is 2. The second kappa shape index (κ2) is 9.25. The van der Waals surface area contributed by atoms with Crippen molar-refractivity contribution in [2.75, 3.05) is 5.32 Å². The van der Waals surface area contributed by atoms with E-state index in [1.54, 1.807) is 36.4 Å². The Labute approximate surface area is 170 Å². The van der Waals surface area contributed by atoms with Crippen LogP contribution in [0.25, 0.3) is 0 Å². The second-order valence-electron chi connectivity index (χ2n) is 5.94. The SMILES string of the molecule is Cc1noc(C)c1CSc1ccccc1C(=O)Nc1ccc(SC(F)F)cc1. The minimum atomic E-state index is -2.47. The number of carbonyl (C=O) groups excluding carboxylic acids is 1. The van der Waals surface area contributed by atoms with Crippen LogP contribution in [0.5, 0.6) is 0 Å². The molecule has 4 nitrogen and oxygen atoms in total. The zero-order chi connectivity index (χ0) is 20.1. The molecule has 146 valence electrons. The first-order valence-electron chi connectivity index (χ1n) is 8.44. The highest BCUT2D eigenvalue weighted by molar-refractivity contribution is 7.99. The fraction of sp³-hybridized carbons (Fsp3) is 0.200. The quantitative estimate of drug-likeness (QED) is 0.465. The minimum Gasteiger partial charge on any atom is -0.361 e. The molecule has 0 saturated heterocycles. The van der Waals surface area contributed by atoms with E-state index >= 15 is 0 Å². The van der Waals surface area contributed by atoms with Crippen LogP contribution in [0.4, 0.5) is 14.5 Å². The normalized spacial score (nSPS) is 11.0. The summed E-state index contributed by atoms with van der Waals surface area (Å²) in [5, 5.41) is 6.77. The van der Waals surface area contributed by atoms with Gasteiger partial charge in [-0.1, -0.05) is 29.1 Å². The molecule has 1 heterocycles. The number of aromatic nitrogens is 1. The van der Waals surface area contributed by atoms with Crippen LogP contribution in [0.2, 0.25) is 0 Å². The molecule has 0 aliphatic carbocycles. The zero-order valence-electron chi connectivity index (χ0n) is 15.2. The Morgan fingerprint density at radius 1 is 1.14 bits per heavy atom. The van der Waals surface area contributed by atoms with Gasteiger partial charge in [-0.15, -0.1) is 11.8 Å². The van der Waals surface area contributed by atoms with E-state index < -0.39 is 5.76 Å². The Hall–Kier alpha value is -2.32. The van der Waals surface area contributed by atoms with Crippen LogP contribution >= 0.6 is 23.5 Å². The Morgan fingerprint density at radius 3 is 2.50 bits per heavy atom. The average Bonchev–Trinajstić information content (AvgIpc) is 2.99. The molecular weight excluding hydrogens is 402 g/mol. The monoisotopic (exact) mass is 420 g/mol. The van der Waals surface area contributed by atoms with E-state index in [0.717, 1.165) is 21.9 Å². The van der Waals surface area contributed by atoms with Crippen LogP contribution in [-0.4, -0.2) is 16.8 Å². The smallest absolute Gasteiger partial charge is 0.288 e. The summed E-state index contributed by atoms with van der Waals surface area (Å²) in [4.78, 5) is 14.0. The summed E-state index contributed by atoms with van der Waals surface area (Å²) in [6.45, 7) is 3.76. The van der Waals surface area contributed by atoms with Crippen LogP contribution in [0.15, 0.2) is 62.8 Å². The van der Waals surface area contributed by atoms with Crippen molar-refractivity contribution in [1.29, 1.82) is 0 Å². The molecular formula is C20H18F2N2O2S2. The topological polar surface area (TPSA) is 55.1 Å². The second-order valence-corrected chi connectivity index (χ2v) is 8.03. The van der Waals surface area contributed by atoms with Crippen molar-refractivity contribution in [1.82, 2.24) is 5.16 Å². The Kier molecular flexibility index (Phi) is 6.74. The van der Waals surface area contributed by atoms with Gasteiger partial charge in [-0.3, -0.25) is 4.79 Å². The van der Waals surface area contributed by atoms with Gasteiger partial charge in [0, 0.05) is 26.8 Å². The van der Waals surface area contributed by atoms with Gasteiger partial charge >= 0.3 is 0 Å². The van der Waals surface area contributed by atoms with Gasteiger partial charge in [0.1, 0.15) is 5.76 Å². The maximum Gasteiger partial charge on any atom is 0.288 e. The van der Waals surface area contributed by atoms with Crippen LogP contribution in [0.1, 0.15) is 27.4 Å². The van der Waals surface area contributed by atoms with Gasteiger partial charge < -0.3 is 9.84 Å². The summed E-state index contributed by atoms with van der Waals surface area (Å²) < 4.78 is 30.0. The van der Waals surface area contributed by atoms with E-state index in [0.29, 0.717) is 33.7 Å². The molecule has 0 unspecified atom stereocenters. The molecule has 0 radical (unpaired) electrons. The lowest BCUT2D eigenvalue weighted by Gasteiger charge is -2.10. The first-order chi connectivity index (χ1) is 13.4. The number of amides is 1. The predicted octanol–water partition coefficient (Wildman–Crippen LogP) is 6.15. The van der Waals surface area contributed by atoms with Crippen LogP contribution in [0, 0.1) is 13.8 Å². The van der Waals surface area contributed by atoms with Gasteiger partial charge in [0.15, 0.2) is 0 Å². The third-order valence-electron chi connectivity index (χ3n) is 4.02. The number of thioether (sulfide) groups is 2. The maximum atomic E-state index is 12.7. The average molecular weight is 421 g/mol. The van der Waals surface area contributed by atoms with Gasteiger partial charge in [0.25, 0.3) is 11.7 Å². The molecule has 1 N–H and O–H groups in total. The summed E-state index contributed by atoms with van der Waals surface area (Å²) in [5.41, 5.74) is 2.96. The van der Waals surface area contributed by atoms with Crippen molar-refractivity contribution in [3.8, 4) is 0 Å². The zero-order valence-corrected chi connectivity index (χ0v) is 16.9. The van der Waals surface area contributed by atoms with Crippen molar-refractivity contribution in [3.63, 3.8) is 0 Å². The number of anilines is 1. The lowest BCUT2D eigenvalue weighted by Crippen LogP contribution is -2.12. The molecule has 0 fully saturated rings. The third-order valence-corrected chi connectivity index (χ3v) is 5.84. The molecule has 2 aromatic carbocycles. The number of aryl methyl sites for hydroxylation is 2. The summed E-state index contributed by atoms with van der Waals surface area (Å²) >= 11 is 2.00. The van der Waals surface area contributed by atoms with Gasteiger partial charge in [-0.25, -0.2) is 0 Å². The number of hydrogen-bond donors (Lipinski definition) is 1. The summed E-state index contributed by atoms with van der Waals surface area (Å²) in [6.07, 6.45) is 0. The molecule has 0 aliphatic rings. The molecule has 0 spiro atoms. The van der Waals surface area contributed by atoms with Gasteiger partial charge in [0.05, 0.1) is 11.3 Å². The number of carbonyl (C=O) groups is 1. The fourth-order valence-corrected chi connectivity index (χ4v) is 4.26. The molecule has 3 rings (SSSR count). The molecule has 1 aromatic heterocycles. The van der Waals surface area contributed by atoms with E-state index in [2.05, 4.69) is 10.5 Å². The van der Waals surface area contributed by atoms with E-state index in [9.17, 15) is 13.6 Å². The van der Waals surface area contributed by atoms with Crippen molar-refractivity contribution in [2.24, 2.45) is 0 Å². The number of benzene rings is 2. The summed E-state index contributed by atoms with van der Waals surface area (Å²) in [6, 6.07) is 13.7. The van der Waals surface area contributed by atoms with E-state index in [4.69, 9.17) is 4.52 Å². The number of hydrogen-bond acceptors (Lipinski definition) is 5. The van der Waals surface area contributed by atoms with Gasteiger partial charge in [-0.05, 0) is 50.2 Å². The molecule has 0 bridgehead atoms. The Bertz CT molecular complexity index is 940. The van der Waals surface area contributed by atoms with Crippen molar-refractivity contribution >= 4 is 35.1 Å². The predicted molar refractivity (Wildman–Crippen MR) is 108 cm³/mol. The number of rotatable bonds is 7. The molecule has 0 aliphatic heterocycles. The minimum absolute atomic E-state index is 0.254. The van der Waals surface area contributed by atoms with Crippen LogP contribution in [-0.2, 0) is 5.75 Å². The van der Waals surface area contributed by atoms with Crippen molar-refractivity contribution in [3.05, 3.63) is 71.1 Å². The number of nitrogens with zero attached hydrogens (tertiary/aromatic N) is 1. The highest BCUT2D eigenvalue weighted by Gasteiger charge is 2.15. The largest absolute Gasteiger partial charge is 0.361 e. The number of halogens is 2. The van der Waals surface area contributed by atoms with E-state index in [1.807, 2.05) is 26.0 Å². The van der Waals surface area contributed by atoms with Gasteiger partial charge in [0.2, 0.25) is 0 Å². The van der Waals surface area contributed by atoms with Crippen molar-refractivity contribution < 1.29 is 18.1 Å². The molecule has 1 amide bonds. The molecule has 28 heavy (non-hydrogen) atoms. The van der Waals surface area contributed by atoms with Crippen LogP contribution in [0.3, 0.4) is 0 Å². The van der Waals surface area contributed by atoms with Crippen molar-refractivity contribution in [2.45, 2.75) is 35.1 Å². The first-order valence-corrected chi connectivity index (χ1v) is 10.3. The highest BCUT2D eigenvalue weighted by Crippen LogP contribution is 2.30.